The summed E-state index contributed by atoms with van der Waals surface area (Å²) < 4.78 is 1.92. The first kappa shape index (κ1) is 13.5. The van der Waals surface area contributed by atoms with Crippen LogP contribution in [0.4, 0.5) is 0 Å². The highest BCUT2D eigenvalue weighted by atomic mass is 16.3. The molecule has 2 atom stereocenters. The van der Waals surface area contributed by atoms with Gasteiger partial charge in [-0.1, -0.05) is 13.8 Å². The average molecular weight is 252 g/mol. The van der Waals surface area contributed by atoms with E-state index in [1.807, 2.05) is 4.68 Å². The fraction of sp³-hybridized carbons (Fsp3) is 0.846. The number of β-amino-alcohol motifs (C(OH)–C–C–N with tert-alkyl or cyclic N) is 1. The van der Waals surface area contributed by atoms with Crippen LogP contribution in [0.1, 0.15) is 33.0 Å². The van der Waals surface area contributed by atoms with Gasteiger partial charge in [-0.3, -0.25) is 0 Å². The summed E-state index contributed by atoms with van der Waals surface area (Å²) in [7, 11) is 2.06. The molecule has 5 heteroatoms. The number of rotatable bonds is 4. The lowest BCUT2D eigenvalue weighted by Crippen LogP contribution is -2.35. The van der Waals surface area contributed by atoms with E-state index in [1.165, 1.54) is 0 Å². The van der Waals surface area contributed by atoms with Gasteiger partial charge in [0, 0.05) is 25.6 Å². The van der Waals surface area contributed by atoms with Crippen LogP contribution in [0.5, 0.6) is 0 Å². The Morgan fingerprint density at radius 2 is 2.28 bits per heavy atom. The largest absolute Gasteiger partial charge is 0.388 e. The van der Waals surface area contributed by atoms with Gasteiger partial charge in [0.2, 0.25) is 0 Å². The van der Waals surface area contributed by atoms with Gasteiger partial charge in [-0.15, -0.1) is 0 Å². The van der Waals surface area contributed by atoms with Crippen molar-refractivity contribution in [3.8, 4) is 0 Å². The van der Waals surface area contributed by atoms with Gasteiger partial charge in [0.25, 0.3) is 0 Å². The smallest absolute Gasteiger partial charge is 0.138 e. The topological polar surface area (TPSA) is 54.2 Å². The second kappa shape index (κ2) is 4.97. The zero-order valence-electron chi connectivity index (χ0n) is 11.8. The molecule has 1 aliphatic rings. The Hall–Kier alpha value is -0.940. The van der Waals surface area contributed by atoms with Crippen molar-refractivity contribution in [2.75, 3.05) is 13.6 Å². The van der Waals surface area contributed by atoms with Gasteiger partial charge in [-0.2, -0.15) is 5.10 Å². The number of likely N-dealkylation sites (tertiary alicyclic amines) is 1. The maximum absolute atomic E-state index is 10.6. The van der Waals surface area contributed by atoms with Crippen LogP contribution in [0.3, 0.4) is 0 Å². The number of hydrogen-bond acceptors (Lipinski definition) is 4. The molecule has 0 amide bonds. The third kappa shape index (κ3) is 2.90. The normalized spacial score (nSPS) is 29.3. The molecule has 1 saturated heterocycles. The summed E-state index contributed by atoms with van der Waals surface area (Å²) >= 11 is 0. The summed E-state index contributed by atoms with van der Waals surface area (Å²) in [6.45, 7) is 8.04. The molecule has 18 heavy (non-hydrogen) atoms. The highest BCUT2D eigenvalue weighted by Gasteiger charge is 2.39. The van der Waals surface area contributed by atoms with Crippen LogP contribution >= 0.6 is 0 Å². The molecule has 102 valence electrons. The highest BCUT2D eigenvalue weighted by molar-refractivity contribution is 5.01. The Bertz CT molecular complexity index is 391. The Balaban J connectivity index is 2.08. The third-order valence-electron chi connectivity index (χ3n) is 3.69. The number of aromatic nitrogens is 3. The highest BCUT2D eigenvalue weighted by Crippen LogP contribution is 2.28. The van der Waals surface area contributed by atoms with E-state index in [2.05, 4.69) is 42.8 Å². The first-order valence-corrected chi connectivity index (χ1v) is 6.69. The second-order valence-electron chi connectivity index (χ2n) is 6.12. The summed E-state index contributed by atoms with van der Waals surface area (Å²) in [5, 5.41) is 14.9. The number of nitrogens with zero attached hydrogens (tertiary/aromatic N) is 4. The Kier molecular flexibility index (Phi) is 3.73. The van der Waals surface area contributed by atoms with Crippen molar-refractivity contribution >= 4 is 0 Å². The van der Waals surface area contributed by atoms with Crippen LogP contribution in [-0.2, 0) is 13.0 Å². The van der Waals surface area contributed by atoms with Gasteiger partial charge < -0.3 is 10.0 Å². The number of aliphatic hydroxyl groups is 1. The van der Waals surface area contributed by atoms with Gasteiger partial charge in [0.1, 0.15) is 12.2 Å². The SMILES string of the molecule is CC(C)Cn1ncnc1CC1(O)CC(C)N(C)C1. The van der Waals surface area contributed by atoms with E-state index >= 15 is 0 Å². The summed E-state index contributed by atoms with van der Waals surface area (Å²) in [5.74, 6) is 1.43. The molecule has 1 fully saturated rings. The minimum Gasteiger partial charge on any atom is -0.388 e. The van der Waals surface area contributed by atoms with Crippen molar-refractivity contribution in [3.63, 3.8) is 0 Å². The van der Waals surface area contributed by atoms with E-state index in [0.717, 1.165) is 18.8 Å². The number of hydrogen-bond donors (Lipinski definition) is 1. The fourth-order valence-corrected chi connectivity index (χ4v) is 2.74. The van der Waals surface area contributed by atoms with Crippen LogP contribution in [0.25, 0.3) is 0 Å². The third-order valence-corrected chi connectivity index (χ3v) is 3.69. The van der Waals surface area contributed by atoms with E-state index in [0.29, 0.717) is 24.9 Å². The van der Waals surface area contributed by atoms with Gasteiger partial charge in [-0.25, -0.2) is 9.67 Å². The van der Waals surface area contributed by atoms with E-state index in [9.17, 15) is 5.11 Å². The Morgan fingerprint density at radius 1 is 1.56 bits per heavy atom. The minimum atomic E-state index is -0.657. The Labute approximate surface area is 109 Å². The molecule has 0 spiro atoms. The molecule has 0 radical (unpaired) electrons. The molecule has 0 aliphatic carbocycles. The molecular formula is C13H24N4O. The molecule has 2 heterocycles. The zero-order valence-corrected chi connectivity index (χ0v) is 11.8. The molecule has 1 N–H and O–H groups in total. The van der Waals surface area contributed by atoms with Crippen molar-refractivity contribution < 1.29 is 5.11 Å². The maximum atomic E-state index is 10.6. The molecule has 1 aromatic rings. The van der Waals surface area contributed by atoms with Crippen LogP contribution in [0, 0.1) is 5.92 Å². The van der Waals surface area contributed by atoms with Crippen LogP contribution in [0.2, 0.25) is 0 Å². The molecule has 0 saturated carbocycles. The molecule has 1 aromatic heterocycles. The second-order valence-corrected chi connectivity index (χ2v) is 6.12. The maximum Gasteiger partial charge on any atom is 0.138 e. The molecule has 1 aliphatic heterocycles. The van der Waals surface area contributed by atoms with Gasteiger partial charge in [-0.05, 0) is 26.3 Å². The first-order chi connectivity index (χ1) is 8.39. The summed E-state index contributed by atoms with van der Waals surface area (Å²) in [5.41, 5.74) is -0.657. The van der Waals surface area contributed by atoms with Crippen LogP contribution < -0.4 is 0 Å². The lowest BCUT2D eigenvalue weighted by Gasteiger charge is -2.22. The lowest BCUT2D eigenvalue weighted by molar-refractivity contribution is 0.0487. The molecule has 2 unspecified atom stereocenters. The summed E-state index contributed by atoms with van der Waals surface area (Å²) in [6, 6.07) is 0.427. The molecular weight excluding hydrogens is 228 g/mol. The predicted molar refractivity (Wildman–Crippen MR) is 70.2 cm³/mol. The van der Waals surface area contributed by atoms with Crippen molar-refractivity contribution in [1.82, 2.24) is 19.7 Å². The monoisotopic (exact) mass is 252 g/mol. The van der Waals surface area contributed by atoms with E-state index < -0.39 is 5.60 Å². The van der Waals surface area contributed by atoms with E-state index in [-0.39, 0.29) is 0 Å². The lowest BCUT2D eigenvalue weighted by atomic mass is 9.96. The van der Waals surface area contributed by atoms with E-state index in [1.54, 1.807) is 6.33 Å². The molecule has 0 bridgehead atoms. The van der Waals surface area contributed by atoms with Crippen LogP contribution in [-0.4, -0.2) is 50.0 Å². The minimum absolute atomic E-state index is 0.427. The van der Waals surface area contributed by atoms with Gasteiger partial charge in [0.15, 0.2) is 0 Å². The van der Waals surface area contributed by atoms with E-state index in [4.69, 9.17) is 0 Å². The van der Waals surface area contributed by atoms with Crippen LogP contribution in [0.15, 0.2) is 6.33 Å². The fourth-order valence-electron chi connectivity index (χ4n) is 2.74. The molecule has 5 nitrogen and oxygen atoms in total. The summed E-state index contributed by atoms with van der Waals surface area (Å²) in [6.07, 6.45) is 2.98. The predicted octanol–water partition coefficient (Wildman–Crippen LogP) is 0.932. The van der Waals surface area contributed by atoms with Crippen molar-refractivity contribution in [2.45, 2.75) is 51.8 Å². The zero-order chi connectivity index (χ0) is 13.3. The number of likely N-dealkylation sites (N-methyl/N-ethyl adjacent to an activating group) is 1. The molecule has 2 rings (SSSR count). The van der Waals surface area contributed by atoms with Gasteiger partial charge in [0.05, 0.1) is 5.60 Å². The molecule has 0 aromatic carbocycles. The quantitative estimate of drug-likeness (QED) is 0.866. The van der Waals surface area contributed by atoms with Crippen molar-refractivity contribution in [3.05, 3.63) is 12.2 Å². The van der Waals surface area contributed by atoms with Crippen molar-refractivity contribution in [1.29, 1.82) is 0 Å². The van der Waals surface area contributed by atoms with Crippen molar-refractivity contribution in [2.24, 2.45) is 5.92 Å². The Morgan fingerprint density at radius 3 is 2.83 bits per heavy atom. The van der Waals surface area contributed by atoms with Gasteiger partial charge >= 0.3 is 0 Å². The average Bonchev–Trinajstić information content (AvgIpc) is 2.73. The first-order valence-electron chi connectivity index (χ1n) is 6.69. The standard InChI is InChI=1S/C13H24N4O/c1-10(2)7-17-12(14-9-15-17)6-13(18)5-11(3)16(4)8-13/h9-11,18H,5-8H2,1-4H3. The summed E-state index contributed by atoms with van der Waals surface area (Å²) in [4.78, 5) is 6.50.